The summed E-state index contributed by atoms with van der Waals surface area (Å²) < 4.78 is 19.8. The first-order chi connectivity index (χ1) is 9.19. The normalized spacial score (nSPS) is 13.3. The molecule has 0 saturated heterocycles. The van der Waals surface area contributed by atoms with E-state index in [1.807, 2.05) is 6.92 Å². The van der Waals surface area contributed by atoms with Crippen LogP contribution in [0.15, 0.2) is 16.6 Å². The Labute approximate surface area is 134 Å². The van der Waals surface area contributed by atoms with Crippen LogP contribution in [0.2, 0.25) is 5.02 Å². The SMILES string of the molecule is CC(CCCNC(C)(C)C)Oc1cc(F)c(Cl)cc1Br. The number of ether oxygens (including phenoxy) is 1. The van der Waals surface area contributed by atoms with Gasteiger partial charge in [0, 0.05) is 11.6 Å². The highest BCUT2D eigenvalue weighted by Gasteiger charge is 2.12. The topological polar surface area (TPSA) is 21.3 Å². The molecule has 0 saturated carbocycles. The van der Waals surface area contributed by atoms with E-state index in [0.29, 0.717) is 10.2 Å². The molecule has 0 heterocycles. The molecule has 0 amide bonds. The van der Waals surface area contributed by atoms with E-state index in [2.05, 4.69) is 42.0 Å². The minimum absolute atomic E-state index is 0.0219. The lowest BCUT2D eigenvalue weighted by Crippen LogP contribution is -2.36. The summed E-state index contributed by atoms with van der Waals surface area (Å²) in [5, 5.41) is 3.52. The van der Waals surface area contributed by atoms with Gasteiger partial charge in [-0.1, -0.05) is 11.6 Å². The molecule has 0 radical (unpaired) electrons. The van der Waals surface area contributed by atoms with Gasteiger partial charge in [-0.15, -0.1) is 0 Å². The molecule has 1 aromatic carbocycles. The van der Waals surface area contributed by atoms with Gasteiger partial charge in [-0.3, -0.25) is 0 Å². The first-order valence-electron chi connectivity index (χ1n) is 6.75. The smallest absolute Gasteiger partial charge is 0.145 e. The molecule has 1 unspecified atom stereocenters. The van der Waals surface area contributed by atoms with E-state index < -0.39 is 5.82 Å². The summed E-state index contributed by atoms with van der Waals surface area (Å²) in [7, 11) is 0. The van der Waals surface area contributed by atoms with Crippen LogP contribution >= 0.6 is 27.5 Å². The van der Waals surface area contributed by atoms with Crippen molar-refractivity contribution in [1.29, 1.82) is 0 Å². The van der Waals surface area contributed by atoms with Gasteiger partial charge in [-0.05, 0) is 69.1 Å². The van der Waals surface area contributed by atoms with Crippen LogP contribution in [-0.2, 0) is 0 Å². The van der Waals surface area contributed by atoms with Crippen LogP contribution in [0, 0.1) is 5.82 Å². The lowest BCUT2D eigenvalue weighted by Gasteiger charge is -2.21. The second-order valence-corrected chi connectivity index (χ2v) is 7.21. The number of hydrogen-bond donors (Lipinski definition) is 1. The molecule has 20 heavy (non-hydrogen) atoms. The first kappa shape index (κ1) is 17.7. The molecule has 0 fully saturated rings. The third-order valence-corrected chi connectivity index (χ3v) is 3.66. The summed E-state index contributed by atoms with van der Waals surface area (Å²) in [6.07, 6.45) is 1.93. The van der Waals surface area contributed by atoms with Crippen molar-refractivity contribution in [3.05, 3.63) is 27.4 Å². The van der Waals surface area contributed by atoms with Crippen LogP contribution in [-0.4, -0.2) is 18.2 Å². The minimum Gasteiger partial charge on any atom is -0.489 e. The summed E-state index contributed by atoms with van der Waals surface area (Å²) in [5.74, 6) is 0.0228. The van der Waals surface area contributed by atoms with E-state index in [4.69, 9.17) is 16.3 Å². The number of benzene rings is 1. The summed E-state index contributed by atoms with van der Waals surface area (Å²) in [6, 6.07) is 2.83. The van der Waals surface area contributed by atoms with E-state index in [1.54, 1.807) is 0 Å². The van der Waals surface area contributed by atoms with Crippen LogP contribution < -0.4 is 10.1 Å². The molecule has 1 atom stereocenters. The molecular weight excluding hydrogens is 345 g/mol. The third kappa shape index (κ3) is 6.42. The van der Waals surface area contributed by atoms with Gasteiger partial charge in [0.1, 0.15) is 11.6 Å². The molecule has 0 aliphatic rings. The maximum absolute atomic E-state index is 13.4. The largest absolute Gasteiger partial charge is 0.489 e. The molecule has 0 aliphatic heterocycles. The minimum atomic E-state index is -0.466. The lowest BCUT2D eigenvalue weighted by molar-refractivity contribution is 0.204. The molecule has 0 aromatic heterocycles. The van der Waals surface area contributed by atoms with E-state index in [9.17, 15) is 4.39 Å². The Morgan fingerprint density at radius 2 is 2.05 bits per heavy atom. The Morgan fingerprint density at radius 3 is 2.65 bits per heavy atom. The third-order valence-electron chi connectivity index (χ3n) is 2.75. The molecule has 2 nitrogen and oxygen atoms in total. The Kier molecular flexibility index (Phi) is 6.76. The molecular formula is C15H22BrClFNO. The van der Waals surface area contributed by atoms with Gasteiger partial charge in [-0.2, -0.15) is 0 Å². The summed E-state index contributed by atoms with van der Waals surface area (Å²) >= 11 is 9.03. The van der Waals surface area contributed by atoms with Crippen molar-refractivity contribution < 1.29 is 9.13 Å². The Bertz CT molecular complexity index is 448. The van der Waals surface area contributed by atoms with Crippen molar-refractivity contribution in [2.75, 3.05) is 6.54 Å². The zero-order chi connectivity index (χ0) is 15.3. The zero-order valence-corrected chi connectivity index (χ0v) is 14.7. The molecule has 0 bridgehead atoms. The fourth-order valence-corrected chi connectivity index (χ4v) is 2.46. The monoisotopic (exact) mass is 365 g/mol. The van der Waals surface area contributed by atoms with E-state index in [1.165, 1.54) is 12.1 Å². The summed E-state index contributed by atoms with van der Waals surface area (Å²) in [5.41, 5.74) is 0.131. The molecule has 0 spiro atoms. The highest BCUT2D eigenvalue weighted by Crippen LogP contribution is 2.31. The highest BCUT2D eigenvalue weighted by molar-refractivity contribution is 9.10. The van der Waals surface area contributed by atoms with Gasteiger partial charge in [-0.25, -0.2) is 4.39 Å². The number of nitrogens with one attached hydrogen (secondary N) is 1. The van der Waals surface area contributed by atoms with Crippen molar-refractivity contribution in [3.8, 4) is 5.75 Å². The zero-order valence-electron chi connectivity index (χ0n) is 12.4. The van der Waals surface area contributed by atoms with Crippen LogP contribution in [0.25, 0.3) is 0 Å². The highest BCUT2D eigenvalue weighted by atomic mass is 79.9. The van der Waals surface area contributed by atoms with E-state index >= 15 is 0 Å². The average molecular weight is 367 g/mol. The standard InChI is InChI=1S/C15H22BrClFNO/c1-10(6-5-7-19-15(2,3)4)20-14-9-13(18)12(17)8-11(14)16/h8-10,19H,5-7H2,1-4H3. The predicted octanol–water partition coefficient (Wildman–Crippen LogP) is 5.18. The molecule has 0 aliphatic carbocycles. The Morgan fingerprint density at radius 1 is 1.40 bits per heavy atom. The van der Waals surface area contributed by atoms with Crippen LogP contribution in [0.1, 0.15) is 40.5 Å². The lowest BCUT2D eigenvalue weighted by atomic mass is 10.1. The molecule has 1 rings (SSSR count). The second kappa shape index (κ2) is 7.62. The number of hydrogen-bond acceptors (Lipinski definition) is 2. The Hall–Kier alpha value is -0.320. The van der Waals surface area contributed by atoms with Crippen molar-refractivity contribution in [3.63, 3.8) is 0 Å². The van der Waals surface area contributed by atoms with Crippen molar-refractivity contribution in [2.45, 2.75) is 52.2 Å². The van der Waals surface area contributed by atoms with Crippen LogP contribution in [0.3, 0.4) is 0 Å². The molecule has 1 aromatic rings. The van der Waals surface area contributed by atoms with E-state index in [-0.39, 0.29) is 16.7 Å². The van der Waals surface area contributed by atoms with Crippen molar-refractivity contribution in [1.82, 2.24) is 5.32 Å². The number of rotatable bonds is 6. The molecule has 114 valence electrons. The van der Waals surface area contributed by atoms with Gasteiger partial charge < -0.3 is 10.1 Å². The molecule has 1 N–H and O–H groups in total. The van der Waals surface area contributed by atoms with Crippen LogP contribution in [0.4, 0.5) is 4.39 Å². The summed E-state index contributed by atoms with van der Waals surface area (Å²) in [6.45, 7) is 9.34. The van der Waals surface area contributed by atoms with Crippen LogP contribution in [0.5, 0.6) is 5.75 Å². The fourth-order valence-electron chi connectivity index (χ4n) is 1.72. The maximum Gasteiger partial charge on any atom is 0.145 e. The van der Waals surface area contributed by atoms with Gasteiger partial charge in [0.2, 0.25) is 0 Å². The van der Waals surface area contributed by atoms with Crippen molar-refractivity contribution in [2.24, 2.45) is 0 Å². The fraction of sp³-hybridized carbons (Fsp3) is 0.600. The maximum atomic E-state index is 13.4. The Balaban J connectivity index is 2.43. The van der Waals surface area contributed by atoms with Gasteiger partial charge in [0.25, 0.3) is 0 Å². The second-order valence-electron chi connectivity index (χ2n) is 5.94. The average Bonchev–Trinajstić information content (AvgIpc) is 2.30. The first-order valence-corrected chi connectivity index (χ1v) is 7.92. The quantitative estimate of drug-likeness (QED) is 0.553. The van der Waals surface area contributed by atoms with Gasteiger partial charge in [0.15, 0.2) is 0 Å². The van der Waals surface area contributed by atoms with E-state index in [0.717, 1.165) is 19.4 Å². The predicted molar refractivity (Wildman–Crippen MR) is 86.2 cm³/mol. The van der Waals surface area contributed by atoms with Crippen molar-refractivity contribution >= 4 is 27.5 Å². The van der Waals surface area contributed by atoms with Gasteiger partial charge in [0.05, 0.1) is 15.6 Å². The summed E-state index contributed by atoms with van der Waals surface area (Å²) in [4.78, 5) is 0. The number of halogens is 3. The van der Waals surface area contributed by atoms with Gasteiger partial charge >= 0.3 is 0 Å². The molecule has 5 heteroatoms.